The van der Waals surface area contributed by atoms with Gasteiger partial charge < -0.3 is 9.12 Å². The Labute approximate surface area is 185 Å². The largest absolute Gasteiger partial charge is 0.726 e. The minimum Gasteiger partial charge on any atom is -0.726 e. The molecule has 4 aromatic rings. The van der Waals surface area contributed by atoms with Gasteiger partial charge in [0.2, 0.25) is 10.4 Å². The summed E-state index contributed by atoms with van der Waals surface area (Å²) >= 11 is 1.58. The molecule has 8 nitrogen and oxygen atoms in total. The Morgan fingerprint density at radius 1 is 1.10 bits per heavy atom. The molecule has 4 rings (SSSR count). The first kappa shape index (κ1) is 22.8. The van der Waals surface area contributed by atoms with Crippen LogP contribution in [0.25, 0.3) is 22.2 Å². The Morgan fingerprint density at radius 2 is 1.74 bits per heavy atom. The third-order valence-electron chi connectivity index (χ3n) is 4.51. The molecule has 0 saturated carbocycles. The summed E-state index contributed by atoms with van der Waals surface area (Å²) in [5.41, 5.74) is 4.39. The van der Waals surface area contributed by atoms with Gasteiger partial charge in [-0.25, -0.2) is 13.0 Å². The lowest BCUT2D eigenvalue weighted by Crippen LogP contribution is -2.23. The maximum absolute atomic E-state index is 9.22. The monoisotopic (exact) mass is 458 g/mol. The van der Waals surface area contributed by atoms with Crippen molar-refractivity contribution in [2.75, 3.05) is 7.11 Å². The summed E-state index contributed by atoms with van der Waals surface area (Å²) in [6, 6.07) is 18.8. The first-order chi connectivity index (χ1) is 14.9. The van der Waals surface area contributed by atoms with E-state index in [1.54, 1.807) is 11.3 Å². The van der Waals surface area contributed by atoms with E-state index >= 15 is 0 Å². The Kier molecular flexibility index (Phi) is 7.29. The lowest BCUT2D eigenvalue weighted by atomic mass is 10.1. The van der Waals surface area contributed by atoms with Crippen LogP contribution in [0.5, 0.6) is 0 Å². The zero-order valence-corrected chi connectivity index (χ0v) is 18.9. The van der Waals surface area contributed by atoms with Gasteiger partial charge in [0, 0.05) is 22.9 Å². The molecule has 0 bridgehead atoms. The summed E-state index contributed by atoms with van der Waals surface area (Å²) < 4.78 is 35.3. The number of para-hydroxylation sites is 1. The SMILES string of the molecule is CCn1c(-c2ccccc2)c(N=Nc2scc[n+]2C)c2ccccc21.COS(=O)(=O)[O-]. The van der Waals surface area contributed by atoms with Crippen LogP contribution in [0.4, 0.5) is 10.8 Å². The number of nitrogens with zero attached hydrogens (tertiary/aromatic N) is 4. The predicted octanol–water partition coefficient (Wildman–Crippen LogP) is 4.72. The van der Waals surface area contributed by atoms with Crippen molar-refractivity contribution in [3.05, 3.63) is 66.2 Å². The summed E-state index contributed by atoms with van der Waals surface area (Å²) in [6.07, 6.45) is 1.99. The number of azo groups is 1. The van der Waals surface area contributed by atoms with Gasteiger partial charge in [0.25, 0.3) is 0 Å². The third-order valence-corrected chi connectivity index (χ3v) is 5.75. The van der Waals surface area contributed by atoms with Crippen LogP contribution >= 0.6 is 11.3 Å². The fourth-order valence-corrected chi connectivity index (χ4v) is 3.80. The van der Waals surface area contributed by atoms with Crippen LogP contribution in [0.3, 0.4) is 0 Å². The predicted molar refractivity (Wildman–Crippen MR) is 119 cm³/mol. The van der Waals surface area contributed by atoms with Crippen molar-refractivity contribution in [2.45, 2.75) is 13.5 Å². The number of thiazole rings is 1. The van der Waals surface area contributed by atoms with Gasteiger partial charge in [-0.3, -0.25) is 4.18 Å². The maximum Gasteiger partial charge on any atom is 0.408 e. The van der Waals surface area contributed by atoms with Crippen molar-refractivity contribution in [3.8, 4) is 11.3 Å². The highest BCUT2D eigenvalue weighted by molar-refractivity contribution is 7.80. The van der Waals surface area contributed by atoms with E-state index < -0.39 is 10.4 Å². The van der Waals surface area contributed by atoms with E-state index in [2.05, 4.69) is 74.4 Å². The summed E-state index contributed by atoms with van der Waals surface area (Å²) in [5.74, 6) is 0. The fourth-order valence-electron chi connectivity index (χ4n) is 3.12. The Hall–Kier alpha value is -2.92. The average molecular weight is 459 g/mol. The van der Waals surface area contributed by atoms with Gasteiger partial charge >= 0.3 is 5.13 Å². The molecular formula is C21H22N4O4S2. The van der Waals surface area contributed by atoms with Crippen molar-refractivity contribution in [1.82, 2.24) is 4.57 Å². The van der Waals surface area contributed by atoms with Gasteiger partial charge in [0.15, 0.2) is 0 Å². The lowest BCUT2D eigenvalue weighted by Gasteiger charge is -2.08. The summed E-state index contributed by atoms with van der Waals surface area (Å²) in [5, 5.41) is 13.2. The lowest BCUT2D eigenvalue weighted by molar-refractivity contribution is -0.654. The number of benzene rings is 2. The highest BCUT2D eigenvalue weighted by Crippen LogP contribution is 2.40. The van der Waals surface area contributed by atoms with Crippen LogP contribution in [0.1, 0.15) is 6.92 Å². The molecule has 2 aromatic carbocycles. The molecular weight excluding hydrogens is 436 g/mol. The van der Waals surface area contributed by atoms with Crippen LogP contribution in [0, 0.1) is 0 Å². The molecule has 0 N–H and O–H groups in total. The second kappa shape index (κ2) is 9.92. The number of hydrogen-bond donors (Lipinski definition) is 0. The van der Waals surface area contributed by atoms with Crippen LogP contribution in [-0.4, -0.2) is 24.6 Å². The van der Waals surface area contributed by atoms with Gasteiger partial charge in [-0.05, 0) is 29.4 Å². The van der Waals surface area contributed by atoms with Crippen LogP contribution < -0.4 is 4.57 Å². The molecule has 2 heterocycles. The van der Waals surface area contributed by atoms with Crippen molar-refractivity contribution in [1.29, 1.82) is 0 Å². The maximum atomic E-state index is 9.22. The van der Waals surface area contributed by atoms with E-state index in [4.69, 9.17) is 0 Å². The Morgan fingerprint density at radius 3 is 2.32 bits per heavy atom. The molecule has 0 unspecified atom stereocenters. The van der Waals surface area contributed by atoms with Crippen LogP contribution in [0.15, 0.2) is 76.4 Å². The zero-order valence-electron chi connectivity index (χ0n) is 17.3. The molecule has 0 spiro atoms. The van der Waals surface area contributed by atoms with E-state index in [1.165, 1.54) is 5.52 Å². The molecule has 0 radical (unpaired) electrons. The Bertz CT molecular complexity index is 1300. The van der Waals surface area contributed by atoms with E-state index in [-0.39, 0.29) is 0 Å². The van der Waals surface area contributed by atoms with Gasteiger partial charge in [-0.15, -0.1) is 0 Å². The van der Waals surface area contributed by atoms with Gasteiger partial charge in [-0.2, -0.15) is 0 Å². The first-order valence-corrected chi connectivity index (χ1v) is 11.6. The smallest absolute Gasteiger partial charge is 0.408 e. The molecule has 2 aromatic heterocycles. The van der Waals surface area contributed by atoms with Crippen LogP contribution in [0.2, 0.25) is 0 Å². The van der Waals surface area contributed by atoms with Gasteiger partial charge in [0.1, 0.15) is 11.9 Å². The van der Waals surface area contributed by atoms with E-state index in [9.17, 15) is 13.0 Å². The van der Waals surface area contributed by atoms with Crippen molar-refractivity contribution in [2.24, 2.45) is 17.3 Å². The summed E-state index contributed by atoms with van der Waals surface area (Å²) in [4.78, 5) is 0. The van der Waals surface area contributed by atoms with Crippen molar-refractivity contribution >= 4 is 43.5 Å². The van der Waals surface area contributed by atoms with Gasteiger partial charge in [-0.1, -0.05) is 48.5 Å². The van der Waals surface area contributed by atoms with E-state index in [1.807, 2.05) is 29.3 Å². The second-order valence-corrected chi connectivity index (χ2v) is 8.42. The molecule has 0 atom stereocenters. The molecule has 0 aliphatic carbocycles. The number of hydrogen-bond acceptors (Lipinski definition) is 7. The zero-order chi connectivity index (χ0) is 22.4. The molecule has 162 valence electrons. The number of rotatable bonds is 5. The standard InChI is InChI=1S/C20H19N4S.CH4O4S/c1-3-24-17-12-8-7-11-16(17)18(19(24)15-9-5-4-6-10-15)21-22-20-23(2)13-14-25-20;1-5-6(2,3)4/h4-14H,3H2,1-2H3;1H3,(H,2,3,4)/q+1;/p-1. The Balaban J connectivity index is 0.000000401. The number of fused-ring (bicyclic) bond motifs is 1. The molecule has 10 heteroatoms. The van der Waals surface area contributed by atoms with Crippen molar-refractivity contribution < 1.29 is 21.7 Å². The quantitative estimate of drug-likeness (QED) is 0.187. The third kappa shape index (κ3) is 5.42. The molecule has 0 aliphatic heterocycles. The summed E-state index contributed by atoms with van der Waals surface area (Å²) in [7, 11) is -1.62. The highest BCUT2D eigenvalue weighted by atomic mass is 32.3. The summed E-state index contributed by atoms with van der Waals surface area (Å²) in [6.45, 7) is 3.05. The minimum absolute atomic E-state index is 0.808. The van der Waals surface area contributed by atoms with E-state index in [0.717, 1.165) is 41.1 Å². The average Bonchev–Trinajstić information content (AvgIpc) is 3.33. The fraction of sp³-hybridized carbons (Fsp3) is 0.190. The number of aryl methyl sites for hydroxylation is 2. The molecule has 0 aliphatic rings. The van der Waals surface area contributed by atoms with Crippen LogP contribution in [-0.2, 0) is 28.2 Å². The molecule has 0 fully saturated rings. The van der Waals surface area contributed by atoms with E-state index in [0.29, 0.717) is 0 Å². The molecule has 0 saturated heterocycles. The van der Waals surface area contributed by atoms with Gasteiger partial charge in [0.05, 0.1) is 30.5 Å². The molecule has 0 amide bonds. The second-order valence-electron chi connectivity index (χ2n) is 6.40. The topological polar surface area (TPSA) is 100.0 Å². The first-order valence-electron chi connectivity index (χ1n) is 9.38. The molecule has 31 heavy (non-hydrogen) atoms. The number of aromatic nitrogens is 2. The normalized spacial score (nSPS) is 11.6. The highest BCUT2D eigenvalue weighted by Gasteiger charge is 2.19. The minimum atomic E-state index is -4.41. The van der Waals surface area contributed by atoms with Crippen molar-refractivity contribution in [3.63, 3.8) is 0 Å².